The fourth-order valence-corrected chi connectivity index (χ4v) is 9.23. The fourth-order valence-electron chi connectivity index (χ4n) is 9.23. The average molecular weight is 745 g/mol. The van der Waals surface area contributed by atoms with E-state index in [9.17, 15) is 0 Å². The van der Waals surface area contributed by atoms with Crippen LogP contribution in [0.5, 0.6) is 0 Å². The van der Waals surface area contributed by atoms with Crippen molar-refractivity contribution in [3.63, 3.8) is 0 Å². The Kier molecular flexibility index (Phi) is 7.32. The predicted molar refractivity (Wildman–Crippen MR) is 241 cm³/mol. The second-order valence-corrected chi connectivity index (χ2v) is 15.2. The van der Waals surface area contributed by atoms with E-state index in [1.807, 2.05) is 18.2 Å². The zero-order valence-electron chi connectivity index (χ0n) is 31.5. The molecule has 3 heterocycles. The predicted octanol–water partition coefficient (Wildman–Crippen LogP) is 14.8. The molecule has 1 unspecified atom stereocenters. The van der Waals surface area contributed by atoms with E-state index in [2.05, 4.69) is 191 Å². The molecule has 0 amide bonds. The van der Waals surface area contributed by atoms with Crippen molar-refractivity contribution in [2.75, 3.05) is 4.90 Å². The first kappa shape index (κ1) is 32.7. The third-order valence-electron chi connectivity index (χ3n) is 11.9. The zero-order valence-corrected chi connectivity index (χ0v) is 31.5. The molecule has 4 heteroatoms. The Morgan fingerprint density at radius 3 is 1.86 bits per heavy atom. The van der Waals surface area contributed by atoms with E-state index in [4.69, 9.17) is 8.83 Å². The van der Waals surface area contributed by atoms with Gasteiger partial charge >= 0.3 is 0 Å². The van der Waals surface area contributed by atoms with Crippen LogP contribution < -0.4 is 4.90 Å². The molecular weight excluding hydrogens is 709 g/mol. The third-order valence-corrected chi connectivity index (χ3v) is 11.9. The topological polar surface area (TPSA) is 34.5 Å². The molecule has 3 aromatic heterocycles. The Morgan fingerprint density at radius 2 is 1.10 bits per heavy atom. The van der Waals surface area contributed by atoms with E-state index in [0.29, 0.717) is 0 Å². The molecule has 0 bridgehead atoms. The van der Waals surface area contributed by atoms with Gasteiger partial charge in [-0.05, 0) is 71.7 Å². The van der Waals surface area contributed by atoms with Gasteiger partial charge in [0, 0.05) is 49.3 Å². The molecule has 4 nitrogen and oxygen atoms in total. The fraction of sp³-hybridized carbons (Fsp3) is 0.0370. The second kappa shape index (κ2) is 13.0. The highest BCUT2D eigenvalue weighted by molar-refractivity contribution is 6.12. The van der Waals surface area contributed by atoms with E-state index >= 15 is 0 Å². The maximum absolute atomic E-state index is 6.69. The van der Waals surface area contributed by atoms with Crippen molar-refractivity contribution in [2.24, 2.45) is 0 Å². The Balaban J connectivity index is 0.953. The molecule has 1 aliphatic rings. The van der Waals surface area contributed by atoms with Crippen LogP contribution in [-0.4, -0.2) is 10.6 Å². The Morgan fingerprint density at radius 1 is 0.483 bits per heavy atom. The van der Waals surface area contributed by atoms with Gasteiger partial charge in [-0.2, -0.15) is 0 Å². The lowest BCUT2D eigenvalue weighted by Crippen LogP contribution is -2.30. The summed E-state index contributed by atoms with van der Waals surface area (Å²) in [7, 11) is 0. The van der Waals surface area contributed by atoms with Gasteiger partial charge in [0.15, 0.2) is 5.58 Å². The van der Waals surface area contributed by atoms with Gasteiger partial charge in [0.2, 0.25) is 0 Å². The van der Waals surface area contributed by atoms with Gasteiger partial charge in [-0.15, -0.1) is 0 Å². The van der Waals surface area contributed by atoms with Crippen molar-refractivity contribution in [1.82, 2.24) is 4.57 Å². The molecule has 8 aromatic carbocycles. The van der Waals surface area contributed by atoms with E-state index in [1.54, 1.807) is 0 Å². The highest BCUT2D eigenvalue weighted by Crippen LogP contribution is 2.43. The summed E-state index contributed by atoms with van der Waals surface area (Å²) in [5, 5.41) is 7.00. The standard InChI is InChI=1S/C54H36N2O2/c1-2-12-38(13-3-1)56-48-20-7-4-14-42(48)43-33-32-40(34-50(43)56)55(49-21-11-19-47-45-16-6-9-23-52(45)58-54(47)49)39-30-28-36(29-31-39)35-24-26-37(27-25-35)41-17-10-18-46-44-15-5-8-22-51(44)57-53(41)46/h1-30,32-34,39H,31H2. The molecule has 12 rings (SSSR count). The van der Waals surface area contributed by atoms with Gasteiger partial charge in [-0.25, -0.2) is 0 Å². The number of hydrogen-bond donors (Lipinski definition) is 0. The largest absolute Gasteiger partial charge is 0.455 e. The molecule has 0 radical (unpaired) electrons. The van der Waals surface area contributed by atoms with Gasteiger partial charge in [-0.3, -0.25) is 0 Å². The molecule has 1 atom stereocenters. The van der Waals surface area contributed by atoms with Gasteiger partial charge < -0.3 is 18.3 Å². The van der Waals surface area contributed by atoms with Crippen LogP contribution in [0.25, 0.3) is 88.1 Å². The Labute approximate surface area is 334 Å². The maximum Gasteiger partial charge on any atom is 0.159 e. The normalized spacial score (nSPS) is 14.3. The minimum Gasteiger partial charge on any atom is -0.455 e. The van der Waals surface area contributed by atoms with Crippen molar-refractivity contribution in [1.29, 1.82) is 0 Å². The third kappa shape index (κ3) is 5.08. The smallest absolute Gasteiger partial charge is 0.159 e. The molecular formula is C54H36N2O2. The molecule has 1 aliphatic carbocycles. The van der Waals surface area contributed by atoms with Crippen LogP contribution >= 0.6 is 0 Å². The summed E-state index contributed by atoms with van der Waals surface area (Å²) in [4.78, 5) is 2.47. The Hall–Kier alpha value is -7.56. The summed E-state index contributed by atoms with van der Waals surface area (Å²) in [5.41, 5.74) is 13.9. The molecule has 0 spiro atoms. The minimum absolute atomic E-state index is 0.0412. The molecule has 274 valence electrons. The average Bonchev–Trinajstić information content (AvgIpc) is 3.97. The molecule has 0 fully saturated rings. The minimum atomic E-state index is 0.0412. The molecule has 11 aromatic rings. The zero-order chi connectivity index (χ0) is 38.2. The first-order chi connectivity index (χ1) is 28.8. The van der Waals surface area contributed by atoms with Crippen LogP contribution in [0, 0.1) is 0 Å². The van der Waals surface area contributed by atoms with Gasteiger partial charge in [0.1, 0.15) is 16.7 Å². The molecule has 0 N–H and O–H groups in total. The van der Waals surface area contributed by atoms with Crippen molar-refractivity contribution in [3.05, 3.63) is 206 Å². The highest BCUT2D eigenvalue weighted by atomic mass is 16.3. The summed E-state index contributed by atoms with van der Waals surface area (Å²) in [5.74, 6) is 0. The number of benzene rings is 8. The summed E-state index contributed by atoms with van der Waals surface area (Å²) in [6, 6.07) is 64.8. The maximum atomic E-state index is 6.69. The highest BCUT2D eigenvalue weighted by Gasteiger charge is 2.26. The van der Waals surface area contributed by atoms with Gasteiger partial charge in [0.05, 0.1) is 22.8 Å². The lowest BCUT2D eigenvalue weighted by atomic mass is 9.93. The van der Waals surface area contributed by atoms with Gasteiger partial charge in [-0.1, -0.05) is 152 Å². The Bertz CT molecular complexity index is 3430. The summed E-state index contributed by atoms with van der Waals surface area (Å²) in [6.07, 6.45) is 7.85. The second-order valence-electron chi connectivity index (χ2n) is 15.2. The number of furan rings is 2. The van der Waals surface area contributed by atoms with Crippen LogP contribution in [0.1, 0.15) is 12.0 Å². The van der Waals surface area contributed by atoms with E-state index in [0.717, 1.165) is 78.5 Å². The van der Waals surface area contributed by atoms with E-state index in [1.165, 1.54) is 32.9 Å². The number of allylic oxidation sites excluding steroid dienone is 2. The monoisotopic (exact) mass is 744 g/mol. The number of aromatic nitrogens is 1. The number of para-hydroxylation sites is 6. The van der Waals surface area contributed by atoms with E-state index in [-0.39, 0.29) is 6.04 Å². The number of nitrogens with zero attached hydrogens (tertiary/aromatic N) is 2. The number of hydrogen-bond acceptors (Lipinski definition) is 3. The van der Waals surface area contributed by atoms with E-state index < -0.39 is 0 Å². The van der Waals surface area contributed by atoms with Crippen LogP contribution in [0.4, 0.5) is 11.4 Å². The lowest BCUT2D eigenvalue weighted by molar-refractivity contribution is 0.664. The SMILES string of the molecule is C1=CC(N(c2ccc3c4ccccc4n(-c4ccccc4)c3c2)c2cccc3c2oc2ccccc23)CC=C1c1ccc(-c2cccc3c2oc2ccccc23)cc1. The summed E-state index contributed by atoms with van der Waals surface area (Å²) >= 11 is 0. The van der Waals surface area contributed by atoms with Crippen molar-refractivity contribution < 1.29 is 8.83 Å². The van der Waals surface area contributed by atoms with Crippen LogP contribution in [-0.2, 0) is 0 Å². The number of rotatable bonds is 6. The number of fused-ring (bicyclic) bond motifs is 9. The van der Waals surface area contributed by atoms with Crippen molar-refractivity contribution in [3.8, 4) is 16.8 Å². The molecule has 0 saturated carbocycles. The van der Waals surface area contributed by atoms with Crippen LogP contribution in [0.3, 0.4) is 0 Å². The van der Waals surface area contributed by atoms with Crippen molar-refractivity contribution >= 4 is 82.6 Å². The first-order valence-corrected chi connectivity index (χ1v) is 19.9. The summed E-state index contributed by atoms with van der Waals surface area (Å²) < 4.78 is 15.5. The quantitative estimate of drug-likeness (QED) is 0.170. The molecule has 0 saturated heterocycles. The summed E-state index contributed by atoms with van der Waals surface area (Å²) in [6.45, 7) is 0. The first-order valence-electron chi connectivity index (χ1n) is 19.9. The van der Waals surface area contributed by atoms with Crippen molar-refractivity contribution in [2.45, 2.75) is 12.5 Å². The molecule has 0 aliphatic heterocycles. The van der Waals surface area contributed by atoms with Crippen LogP contribution in [0.2, 0.25) is 0 Å². The van der Waals surface area contributed by atoms with Crippen LogP contribution in [0.15, 0.2) is 209 Å². The number of anilines is 2. The lowest BCUT2D eigenvalue weighted by Gasteiger charge is -2.33. The molecule has 58 heavy (non-hydrogen) atoms. The van der Waals surface area contributed by atoms with Gasteiger partial charge in [0.25, 0.3) is 0 Å².